The average Bonchev–Trinajstić information content (AvgIpc) is 3.34. The molecule has 2 aliphatic carbocycles. The first-order chi connectivity index (χ1) is 10.1. The highest BCUT2D eigenvalue weighted by atomic mass is 16.2. The number of carbonyl (C=O) groups excluding carboxylic acids is 1. The lowest BCUT2D eigenvalue weighted by atomic mass is 10.0. The van der Waals surface area contributed by atoms with Crippen LogP contribution in [0.15, 0.2) is 18.2 Å². The van der Waals surface area contributed by atoms with Gasteiger partial charge in [0, 0.05) is 17.7 Å². The van der Waals surface area contributed by atoms with E-state index in [0.717, 1.165) is 23.6 Å². The predicted molar refractivity (Wildman–Crippen MR) is 81.9 cm³/mol. The SMILES string of the molecule is Cc1cc(C#CCO)cc(C(=O)NCC2(C3CC3)CC2)c1. The number of aryl methyl sites for hydroxylation is 1. The van der Waals surface area contributed by atoms with E-state index in [9.17, 15) is 4.79 Å². The molecule has 3 rings (SSSR count). The molecule has 0 atom stereocenters. The van der Waals surface area contributed by atoms with Crippen molar-refractivity contribution in [1.82, 2.24) is 5.32 Å². The van der Waals surface area contributed by atoms with Crippen molar-refractivity contribution in [2.75, 3.05) is 13.2 Å². The van der Waals surface area contributed by atoms with Crippen molar-refractivity contribution in [1.29, 1.82) is 0 Å². The van der Waals surface area contributed by atoms with Crippen LogP contribution in [-0.4, -0.2) is 24.2 Å². The van der Waals surface area contributed by atoms with Crippen LogP contribution in [0.4, 0.5) is 0 Å². The Balaban J connectivity index is 1.67. The van der Waals surface area contributed by atoms with Crippen molar-refractivity contribution in [3.63, 3.8) is 0 Å². The summed E-state index contributed by atoms with van der Waals surface area (Å²) in [7, 11) is 0. The van der Waals surface area contributed by atoms with Gasteiger partial charge in [0.2, 0.25) is 0 Å². The molecule has 0 heterocycles. The van der Waals surface area contributed by atoms with Gasteiger partial charge >= 0.3 is 0 Å². The molecule has 0 bridgehead atoms. The van der Waals surface area contributed by atoms with E-state index in [1.807, 2.05) is 19.1 Å². The zero-order valence-electron chi connectivity index (χ0n) is 12.4. The predicted octanol–water partition coefficient (Wildman–Crippen LogP) is 2.26. The topological polar surface area (TPSA) is 49.3 Å². The Bertz CT molecular complexity index is 616. The minimum atomic E-state index is -0.167. The Labute approximate surface area is 125 Å². The van der Waals surface area contributed by atoms with Crippen LogP contribution in [0, 0.1) is 30.1 Å². The minimum Gasteiger partial charge on any atom is -0.384 e. The van der Waals surface area contributed by atoms with Gasteiger partial charge in [0.15, 0.2) is 0 Å². The second-order valence-electron chi connectivity index (χ2n) is 6.37. The largest absolute Gasteiger partial charge is 0.384 e. The second-order valence-corrected chi connectivity index (χ2v) is 6.37. The summed E-state index contributed by atoms with van der Waals surface area (Å²) in [5.41, 5.74) is 2.86. The lowest BCUT2D eigenvalue weighted by molar-refractivity contribution is 0.0942. The van der Waals surface area contributed by atoms with Crippen molar-refractivity contribution >= 4 is 5.91 Å². The van der Waals surface area contributed by atoms with Gasteiger partial charge < -0.3 is 10.4 Å². The van der Waals surface area contributed by atoms with Crippen LogP contribution in [0.2, 0.25) is 0 Å². The number of aliphatic hydroxyl groups excluding tert-OH is 1. The first-order valence-corrected chi connectivity index (χ1v) is 7.63. The molecule has 0 radical (unpaired) electrons. The highest BCUT2D eigenvalue weighted by Crippen LogP contribution is 2.60. The first kappa shape index (κ1) is 14.2. The number of nitrogens with one attached hydrogen (secondary N) is 1. The zero-order valence-corrected chi connectivity index (χ0v) is 12.4. The third-order valence-corrected chi connectivity index (χ3v) is 4.59. The number of carbonyl (C=O) groups is 1. The number of aliphatic hydroxyl groups is 1. The Morgan fingerprint density at radius 1 is 1.38 bits per heavy atom. The smallest absolute Gasteiger partial charge is 0.251 e. The Hall–Kier alpha value is -1.79. The third kappa shape index (κ3) is 3.28. The average molecular weight is 283 g/mol. The maximum absolute atomic E-state index is 12.3. The van der Waals surface area contributed by atoms with Crippen LogP contribution in [0.5, 0.6) is 0 Å². The van der Waals surface area contributed by atoms with Crippen LogP contribution in [0.3, 0.4) is 0 Å². The van der Waals surface area contributed by atoms with Gasteiger partial charge in [-0.1, -0.05) is 11.8 Å². The molecule has 3 nitrogen and oxygen atoms in total. The number of hydrogen-bond acceptors (Lipinski definition) is 2. The molecule has 3 heteroatoms. The summed E-state index contributed by atoms with van der Waals surface area (Å²) in [6.07, 6.45) is 5.19. The second kappa shape index (κ2) is 5.54. The van der Waals surface area contributed by atoms with Gasteiger partial charge in [-0.05, 0) is 67.7 Å². The molecule has 2 aliphatic rings. The van der Waals surface area contributed by atoms with E-state index in [-0.39, 0.29) is 12.5 Å². The maximum Gasteiger partial charge on any atom is 0.251 e. The summed E-state index contributed by atoms with van der Waals surface area (Å²) in [5, 5.41) is 11.9. The van der Waals surface area contributed by atoms with Gasteiger partial charge in [-0.2, -0.15) is 0 Å². The fraction of sp³-hybridized carbons (Fsp3) is 0.500. The standard InChI is InChI=1S/C18H21NO2/c1-13-9-14(3-2-8-20)11-15(10-13)17(21)19-12-18(6-7-18)16-4-5-16/h9-11,16,20H,4-8,12H2,1H3,(H,19,21). The van der Waals surface area contributed by atoms with Crippen LogP contribution >= 0.6 is 0 Å². The zero-order chi connectivity index (χ0) is 14.9. The van der Waals surface area contributed by atoms with Crippen LogP contribution in [0.25, 0.3) is 0 Å². The first-order valence-electron chi connectivity index (χ1n) is 7.63. The van der Waals surface area contributed by atoms with Crippen molar-refractivity contribution in [3.05, 3.63) is 34.9 Å². The molecule has 0 saturated heterocycles. The normalized spacial score (nSPS) is 18.6. The summed E-state index contributed by atoms with van der Waals surface area (Å²) in [4.78, 5) is 12.3. The van der Waals surface area contributed by atoms with Gasteiger partial charge in [-0.15, -0.1) is 0 Å². The van der Waals surface area contributed by atoms with Crippen LogP contribution < -0.4 is 5.32 Å². The monoisotopic (exact) mass is 283 g/mol. The summed E-state index contributed by atoms with van der Waals surface area (Å²) in [6.45, 7) is 2.59. The highest BCUT2D eigenvalue weighted by Gasteiger charge is 2.53. The maximum atomic E-state index is 12.3. The summed E-state index contributed by atoms with van der Waals surface area (Å²) in [6, 6.07) is 5.60. The molecule has 1 amide bonds. The number of benzene rings is 1. The van der Waals surface area contributed by atoms with Crippen molar-refractivity contribution < 1.29 is 9.90 Å². The molecule has 0 spiro atoms. The molecule has 21 heavy (non-hydrogen) atoms. The molecule has 1 aromatic rings. The van der Waals surface area contributed by atoms with E-state index in [1.54, 1.807) is 6.07 Å². The van der Waals surface area contributed by atoms with Crippen LogP contribution in [-0.2, 0) is 0 Å². The number of amides is 1. The van der Waals surface area contributed by atoms with Crippen molar-refractivity contribution in [3.8, 4) is 11.8 Å². The molecule has 0 unspecified atom stereocenters. The molecular formula is C18H21NO2. The van der Waals surface area contributed by atoms with E-state index in [4.69, 9.17) is 5.11 Å². The van der Waals surface area contributed by atoms with Crippen LogP contribution in [0.1, 0.15) is 47.2 Å². The molecule has 2 N–H and O–H groups in total. The lowest BCUT2D eigenvalue weighted by Gasteiger charge is -2.15. The lowest BCUT2D eigenvalue weighted by Crippen LogP contribution is -2.31. The molecule has 2 fully saturated rings. The third-order valence-electron chi connectivity index (χ3n) is 4.59. The van der Waals surface area contributed by atoms with Crippen molar-refractivity contribution in [2.24, 2.45) is 11.3 Å². The highest BCUT2D eigenvalue weighted by molar-refractivity contribution is 5.94. The summed E-state index contributed by atoms with van der Waals surface area (Å²) < 4.78 is 0. The van der Waals surface area contributed by atoms with Gasteiger partial charge in [-0.3, -0.25) is 4.79 Å². The van der Waals surface area contributed by atoms with Gasteiger partial charge in [-0.25, -0.2) is 0 Å². The summed E-state index contributed by atoms with van der Waals surface area (Å²) in [5.74, 6) is 6.32. The van der Waals surface area contributed by atoms with Gasteiger partial charge in [0.1, 0.15) is 6.61 Å². The molecule has 1 aromatic carbocycles. The van der Waals surface area contributed by atoms with E-state index in [1.165, 1.54) is 25.7 Å². The molecule has 2 saturated carbocycles. The quantitative estimate of drug-likeness (QED) is 0.833. The fourth-order valence-electron chi connectivity index (χ4n) is 3.07. The van der Waals surface area contributed by atoms with E-state index in [0.29, 0.717) is 11.0 Å². The van der Waals surface area contributed by atoms with E-state index in [2.05, 4.69) is 17.2 Å². The van der Waals surface area contributed by atoms with E-state index >= 15 is 0 Å². The molecule has 0 aromatic heterocycles. The minimum absolute atomic E-state index is 0.0160. The fourth-order valence-corrected chi connectivity index (χ4v) is 3.07. The number of rotatable bonds is 4. The van der Waals surface area contributed by atoms with Gasteiger partial charge in [0.25, 0.3) is 5.91 Å². The summed E-state index contributed by atoms with van der Waals surface area (Å²) >= 11 is 0. The molecule has 0 aliphatic heterocycles. The Kier molecular flexibility index (Phi) is 3.73. The van der Waals surface area contributed by atoms with E-state index < -0.39 is 0 Å². The Morgan fingerprint density at radius 3 is 2.76 bits per heavy atom. The van der Waals surface area contributed by atoms with Gasteiger partial charge in [0.05, 0.1) is 0 Å². The Morgan fingerprint density at radius 2 is 2.14 bits per heavy atom. The molecular weight excluding hydrogens is 262 g/mol. The number of hydrogen-bond donors (Lipinski definition) is 2. The van der Waals surface area contributed by atoms with Crippen molar-refractivity contribution in [2.45, 2.75) is 32.6 Å². The molecule has 110 valence electrons.